The second kappa shape index (κ2) is 10.2. The molecular weight excluding hydrogens is 425 g/mol. The number of hydrogen-bond donors (Lipinski definition) is 1. The molecule has 1 amide bonds. The van der Waals surface area contributed by atoms with E-state index >= 15 is 0 Å². The molecule has 3 aromatic rings. The number of aromatic nitrogens is 1. The fourth-order valence-corrected chi connectivity index (χ4v) is 5.11. The Hall–Kier alpha value is -2.77. The highest BCUT2D eigenvalue weighted by Gasteiger charge is 2.30. The molecule has 4 rings (SSSR count). The molecule has 0 spiro atoms. The highest BCUT2D eigenvalue weighted by molar-refractivity contribution is 7.12. The summed E-state index contributed by atoms with van der Waals surface area (Å²) in [4.78, 5) is 19.9. The minimum atomic E-state index is -0.518. The van der Waals surface area contributed by atoms with Gasteiger partial charge in [0.25, 0.3) is 5.91 Å². The molecule has 2 aromatic heterocycles. The quantitative estimate of drug-likeness (QED) is 0.504. The van der Waals surface area contributed by atoms with Gasteiger partial charge in [0.2, 0.25) is 5.95 Å². The highest BCUT2D eigenvalue weighted by Crippen LogP contribution is 2.32. The maximum Gasteiger partial charge on any atom is 0.264 e. The van der Waals surface area contributed by atoms with Crippen LogP contribution in [-0.4, -0.2) is 42.0 Å². The number of carbonyl (C=O) groups is 1. The van der Waals surface area contributed by atoms with Crippen LogP contribution in [0.25, 0.3) is 11.1 Å². The van der Waals surface area contributed by atoms with Gasteiger partial charge in [0, 0.05) is 36.5 Å². The zero-order valence-corrected chi connectivity index (χ0v) is 19.2. The average Bonchev–Trinajstić information content (AvgIpc) is 3.37. The monoisotopic (exact) mass is 453 g/mol. The maximum absolute atomic E-state index is 13.7. The van der Waals surface area contributed by atoms with E-state index in [1.54, 1.807) is 13.2 Å². The van der Waals surface area contributed by atoms with Crippen molar-refractivity contribution in [3.8, 4) is 16.9 Å². The summed E-state index contributed by atoms with van der Waals surface area (Å²) in [7, 11) is 3.63. The zero-order chi connectivity index (χ0) is 22.5. The van der Waals surface area contributed by atoms with E-state index in [-0.39, 0.29) is 11.9 Å². The van der Waals surface area contributed by atoms with Gasteiger partial charge in [0.15, 0.2) is 0 Å². The SMILES string of the molecule is CNC1CCC(N(Cc2cc(-c3ccnc(F)c3)ccc2OC)C(=O)c2cccs2)CC1. The number of nitrogens with zero attached hydrogens (tertiary/aromatic N) is 2. The molecule has 1 aliphatic carbocycles. The summed E-state index contributed by atoms with van der Waals surface area (Å²) in [5.74, 6) is 0.252. The Balaban J connectivity index is 1.66. The van der Waals surface area contributed by atoms with Crippen molar-refractivity contribution in [3.05, 3.63) is 70.4 Å². The molecule has 168 valence electrons. The molecule has 1 fully saturated rings. The standard InChI is InChI=1S/C25H28FN3O2S/c1-27-20-6-8-21(9-7-20)29(25(30)23-4-3-13-32-23)16-19-14-17(5-10-22(19)31-2)18-11-12-28-24(26)15-18/h3-5,10-15,20-21,27H,6-9,16H2,1-2H3. The summed E-state index contributed by atoms with van der Waals surface area (Å²) >= 11 is 1.47. The van der Waals surface area contributed by atoms with E-state index in [0.29, 0.717) is 12.6 Å². The van der Waals surface area contributed by atoms with Crippen LogP contribution in [0.2, 0.25) is 0 Å². The van der Waals surface area contributed by atoms with E-state index in [4.69, 9.17) is 4.74 Å². The summed E-state index contributed by atoms with van der Waals surface area (Å²) in [6, 6.07) is 13.4. The van der Waals surface area contributed by atoms with Crippen LogP contribution in [0.4, 0.5) is 4.39 Å². The Bertz CT molecular complexity index is 1050. The van der Waals surface area contributed by atoms with Crippen LogP contribution < -0.4 is 10.1 Å². The molecule has 0 atom stereocenters. The van der Waals surface area contributed by atoms with Crippen LogP contribution in [0.1, 0.15) is 40.9 Å². The first kappa shape index (κ1) is 22.4. The van der Waals surface area contributed by atoms with Crippen LogP contribution in [-0.2, 0) is 6.54 Å². The highest BCUT2D eigenvalue weighted by atomic mass is 32.1. The fourth-order valence-electron chi connectivity index (χ4n) is 4.43. The Labute approximate surface area is 192 Å². The number of ether oxygens (including phenoxy) is 1. The molecular formula is C25H28FN3O2S. The first-order chi connectivity index (χ1) is 15.6. The molecule has 0 radical (unpaired) electrons. The minimum absolute atomic E-state index is 0.0512. The van der Waals surface area contributed by atoms with Gasteiger partial charge in [-0.2, -0.15) is 4.39 Å². The van der Waals surface area contributed by atoms with Crippen molar-refractivity contribution >= 4 is 17.2 Å². The van der Waals surface area contributed by atoms with Gasteiger partial charge < -0.3 is 15.0 Å². The van der Waals surface area contributed by atoms with Gasteiger partial charge in [0.05, 0.1) is 12.0 Å². The van der Waals surface area contributed by atoms with E-state index in [1.165, 1.54) is 23.6 Å². The Kier molecular flexibility index (Phi) is 7.17. The molecule has 32 heavy (non-hydrogen) atoms. The summed E-state index contributed by atoms with van der Waals surface area (Å²) in [5.41, 5.74) is 2.51. The third-order valence-corrected chi connectivity index (χ3v) is 7.08. The maximum atomic E-state index is 13.7. The van der Waals surface area contributed by atoms with Crippen LogP contribution in [0.3, 0.4) is 0 Å². The number of thiophene rings is 1. The summed E-state index contributed by atoms with van der Waals surface area (Å²) in [6.07, 6.45) is 5.47. The lowest BCUT2D eigenvalue weighted by molar-refractivity contribution is 0.0604. The van der Waals surface area contributed by atoms with Crippen molar-refractivity contribution in [2.24, 2.45) is 0 Å². The third-order valence-electron chi connectivity index (χ3n) is 6.22. The summed E-state index contributed by atoms with van der Waals surface area (Å²) in [5, 5.41) is 5.29. The minimum Gasteiger partial charge on any atom is -0.496 e. The van der Waals surface area contributed by atoms with Crippen molar-refractivity contribution < 1.29 is 13.9 Å². The molecule has 0 bridgehead atoms. The molecule has 1 N–H and O–H groups in total. The van der Waals surface area contributed by atoms with Gasteiger partial charge in [-0.1, -0.05) is 12.1 Å². The lowest BCUT2D eigenvalue weighted by Crippen LogP contribution is -2.44. The van der Waals surface area contributed by atoms with Crippen molar-refractivity contribution in [3.63, 3.8) is 0 Å². The van der Waals surface area contributed by atoms with Gasteiger partial charge in [-0.15, -0.1) is 11.3 Å². The smallest absolute Gasteiger partial charge is 0.264 e. The van der Waals surface area contributed by atoms with Crippen molar-refractivity contribution in [2.75, 3.05) is 14.2 Å². The van der Waals surface area contributed by atoms with Gasteiger partial charge in [-0.05, 0) is 73.5 Å². The van der Waals surface area contributed by atoms with Gasteiger partial charge in [-0.25, -0.2) is 4.98 Å². The number of carbonyl (C=O) groups excluding carboxylic acids is 1. The second-order valence-corrected chi connectivity index (χ2v) is 9.05. The van der Waals surface area contributed by atoms with Gasteiger partial charge in [0.1, 0.15) is 5.75 Å². The topological polar surface area (TPSA) is 54.5 Å². The molecule has 2 heterocycles. The Morgan fingerprint density at radius 1 is 1.19 bits per heavy atom. The van der Waals surface area contributed by atoms with Crippen LogP contribution in [0, 0.1) is 5.95 Å². The van der Waals surface area contributed by atoms with E-state index in [0.717, 1.165) is 53.0 Å². The zero-order valence-electron chi connectivity index (χ0n) is 18.4. The number of halogens is 1. The van der Waals surface area contributed by atoms with Crippen molar-refractivity contribution in [1.82, 2.24) is 15.2 Å². The lowest BCUT2D eigenvalue weighted by atomic mass is 9.89. The lowest BCUT2D eigenvalue weighted by Gasteiger charge is -2.37. The van der Waals surface area contributed by atoms with Crippen molar-refractivity contribution in [1.29, 1.82) is 0 Å². The molecule has 1 saturated carbocycles. The number of hydrogen-bond acceptors (Lipinski definition) is 5. The largest absolute Gasteiger partial charge is 0.496 e. The molecule has 1 aliphatic rings. The number of rotatable bonds is 7. The van der Waals surface area contributed by atoms with E-state index in [1.807, 2.05) is 47.7 Å². The Morgan fingerprint density at radius 3 is 2.62 bits per heavy atom. The summed E-state index contributed by atoms with van der Waals surface area (Å²) in [6.45, 7) is 0.441. The van der Waals surface area contributed by atoms with Gasteiger partial charge in [-0.3, -0.25) is 4.79 Å². The van der Waals surface area contributed by atoms with E-state index in [2.05, 4.69) is 10.3 Å². The summed E-state index contributed by atoms with van der Waals surface area (Å²) < 4.78 is 19.3. The number of benzene rings is 1. The number of methoxy groups -OCH3 is 1. The van der Waals surface area contributed by atoms with Crippen LogP contribution in [0.15, 0.2) is 54.0 Å². The molecule has 5 nitrogen and oxygen atoms in total. The second-order valence-electron chi connectivity index (χ2n) is 8.10. The first-order valence-corrected chi connectivity index (χ1v) is 11.8. The molecule has 0 unspecified atom stereocenters. The molecule has 0 aliphatic heterocycles. The average molecular weight is 454 g/mol. The third kappa shape index (κ3) is 5.00. The number of amides is 1. The van der Waals surface area contributed by atoms with Gasteiger partial charge >= 0.3 is 0 Å². The normalized spacial score (nSPS) is 18.3. The first-order valence-electron chi connectivity index (χ1n) is 10.9. The van der Waals surface area contributed by atoms with Crippen molar-refractivity contribution in [2.45, 2.75) is 44.3 Å². The molecule has 1 aromatic carbocycles. The molecule has 7 heteroatoms. The van der Waals surface area contributed by atoms with E-state index in [9.17, 15) is 9.18 Å². The Morgan fingerprint density at radius 2 is 1.97 bits per heavy atom. The number of pyridine rings is 1. The fraction of sp³-hybridized carbons (Fsp3) is 0.360. The molecule has 0 saturated heterocycles. The van der Waals surface area contributed by atoms with E-state index < -0.39 is 5.95 Å². The predicted molar refractivity (Wildman–Crippen MR) is 125 cm³/mol. The predicted octanol–water partition coefficient (Wildman–Crippen LogP) is 5.13. The number of nitrogens with one attached hydrogen (secondary N) is 1. The van der Waals surface area contributed by atoms with Crippen LogP contribution >= 0.6 is 11.3 Å². The van der Waals surface area contributed by atoms with Crippen LogP contribution in [0.5, 0.6) is 5.75 Å².